The minimum Gasteiger partial charge on any atom is -0.478 e. The van der Waals surface area contributed by atoms with Gasteiger partial charge in [-0.3, -0.25) is 0 Å². The topological polar surface area (TPSA) is 49.3 Å². The van der Waals surface area contributed by atoms with Crippen molar-refractivity contribution in [1.82, 2.24) is 4.13 Å². The standard InChI is InChI=1S/C7H7NO2S3/c9-7(10)5-1-3-6(4-2-5)12-8-13-11/h1-4,8,11H,(H,9,10). The lowest BCUT2D eigenvalue weighted by Crippen LogP contribution is -1.95. The van der Waals surface area contributed by atoms with Crippen LogP contribution >= 0.6 is 34.6 Å². The zero-order valence-electron chi connectivity index (χ0n) is 6.43. The van der Waals surface area contributed by atoms with E-state index in [1.807, 2.05) is 0 Å². The zero-order valence-corrected chi connectivity index (χ0v) is 8.96. The Morgan fingerprint density at radius 2 is 2.00 bits per heavy atom. The van der Waals surface area contributed by atoms with E-state index in [-0.39, 0.29) is 0 Å². The van der Waals surface area contributed by atoms with Gasteiger partial charge < -0.3 is 5.11 Å². The van der Waals surface area contributed by atoms with Crippen molar-refractivity contribution >= 4 is 40.6 Å². The van der Waals surface area contributed by atoms with Gasteiger partial charge in [-0.15, -0.1) is 0 Å². The van der Waals surface area contributed by atoms with Crippen molar-refractivity contribution in [1.29, 1.82) is 0 Å². The molecule has 0 bridgehead atoms. The molecule has 0 fully saturated rings. The number of carbonyl (C=O) groups is 1. The Labute approximate surface area is 89.4 Å². The number of hydrogen-bond donors (Lipinski definition) is 3. The third kappa shape index (κ3) is 3.51. The molecule has 0 saturated heterocycles. The third-order valence-corrected chi connectivity index (χ3v) is 3.11. The molecule has 3 nitrogen and oxygen atoms in total. The van der Waals surface area contributed by atoms with Crippen LogP contribution in [0.15, 0.2) is 29.2 Å². The largest absolute Gasteiger partial charge is 0.478 e. The molecule has 0 spiro atoms. The molecule has 0 aliphatic heterocycles. The van der Waals surface area contributed by atoms with Crippen LogP contribution in [0.4, 0.5) is 0 Å². The maximum absolute atomic E-state index is 10.5. The first-order valence-corrected chi connectivity index (χ1v) is 5.98. The molecule has 1 aromatic carbocycles. The maximum Gasteiger partial charge on any atom is 0.335 e. The van der Waals surface area contributed by atoms with Crippen LogP contribution in [0.2, 0.25) is 0 Å². The van der Waals surface area contributed by atoms with Gasteiger partial charge in [-0.25, -0.2) is 4.79 Å². The van der Waals surface area contributed by atoms with Crippen LogP contribution in [0.1, 0.15) is 10.4 Å². The highest BCUT2D eigenvalue weighted by Gasteiger charge is 2.01. The van der Waals surface area contributed by atoms with E-state index < -0.39 is 5.97 Å². The Hall–Kier alpha value is -0.300. The van der Waals surface area contributed by atoms with Gasteiger partial charge in [0.1, 0.15) is 0 Å². The molecule has 6 heteroatoms. The van der Waals surface area contributed by atoms with Crippen LogP contribution in [0, 0.1) is 0 Å². The molecule has 0 unspecified atom stereocenters. The number of aromatic carboxylic acids is 1. The summed E-state index contributed by atoms with van der Waals surface area (Å²) in [6.45, 7) is 0. The Morgan fingerprint density at radius 3 is 2.46 bits per heavy atom. The Kier molecular flexibility index (Phi) is 4.51. The van der Waals surface area contributed by atoms with Crippen LogP contribution < -0.4 is 4.13 Å². The van der Waals surface area contributed by atoms with Crippen molar-refractivity contribution in [2.24, 2.45) is 0 Å². The second-order valence-electron chi connectivity index (χ2n) is 2.11. The molecule has 0 aromatic heterocycles. The summed E-state index contributed by atoms with van der Waals surface area (Å²) in [6.07, 6.45) is 0. The first-order valence-electron chi connectivity index (χ1n) is 3.29. The Morgan fingerprint density at radius 1 is 1.38 bits per heavy atom. The highest BCUT2D eigenvalue weighted by molar-refractivity contribution is 8.69. The Bertz CT molecular complexity index is 288. The van der Waals surface area contributed by atoms with Gasteiger partial charge in [0.05, 0.1) is 5.56 Å². The highest BCUT2D eigenvalue weighted by Crippen LogP contribution is 2.18. The van der Waals surface area contributed by atoms with Crippen molar-refractivity contribution in [3.63, 3.8) is 0 Å². The molecule has 70 valence electrons. The van der Waals surface area contributed by atoms with Crippen LogP contribution in [0.3, 0.4) is 0 Å². The highest BCUT2D eigenvalue weighted by atomic mass is 33.1. The number of rotatable bonds is 4. The van der Waals surface area contributed by atoms with Crippen LogP contribution in [-0.2, 0) is 0 Å². The fraction of sp³-hybridized carbons (Fsp3) is 0. The van der Waals surface area contributed by atoms with E-state index in [1.54, 1.807) is 24.3 Å². The fourth-order valence-electron chi connectivity index (χ4n) is 0.732. The van der Waals surface area contributed by atoms with Gasteiger partial charge in [0, 0.05) is 4.90 Å². The average Bonchev–Trinajstić information content (AvgIpc) is 2.15. The van der Waals surface area contributed by atoms with E-state index >= 15 is 0 Å². The van der Waals surface area contributed by atoms with E-state index in [1.165, 1.54) is 22.9 Å². The van der Waals surface area contributed by atoms with Gasteiger partial charge in [-0.2, -0.15) is 4.13 Å². The van der Waals surface area contributed by atoms with Crippen LogP contribution in [0.5, 0.6) is 0 Å². The molecule has 0 saturated carbocycles. The predicted octanol–water partition coefficient (Wildman–Crippen LogP) is 2.47. The number of nitrogens with one attached hydrogen (secondary N) is 1. The number of thiol groups is 1. The normalized spacial score (nSPS) is 9.92. The van der Waals surface area contributed by atoms with Gasteiger partial charge in [0.25, 0.3) is 0 Å². The number of carboxylic acids is 1. The summed E-state index contributed by atoms with van der Waals surface area (Å²) < 4.78 is 2.86. The molecule has 1 rings (SSSR count). The zero-order chi connectivity index (χ0) is 9.68. The predicted molar refractivity (Wildman–Crippen MR) is 59.0 cm³/mol. The first-order chi connectivity index (χ1) is 6.24. The van der Waals surface area contributed by atoms with Gasteiger partial charge >= 0.3 is 5.97 Å². The van der Waals surface area contributed by atoms with Crippen LogP contribution in [0.25, 0.3) is 0 Å². The lowest BCUT2D eigenvalue weighted by molar-refractivity contribution is 0.0697. The molecule has 0 atom stereocenters. The van der Waals surface area contributed by atoms with Gasteiger partial charge in [-0.05, 0) is 47.2 Å². The van der Waals surface area contributed by atoms with E-state index in [0.717, 1.165) is 4.90 Å². The maximum atomic E-state index is 10.5. The van der Waals surface area contributed by atoms with Crippen molar-refractivity contribution in [3.05, 3.63) is 29.8 Å². The summed E-state index contributed by atoms with van der Waals surface area (Å²) >= 11 is 5.28. The lowest BCUT2D eigenvalue weighted by atomic mass is 10.2. The van der Waals surface area contributed by atoms with Crippen LogP contribution in [-0.4, -0.2) is 11.1 Å². The van der Waals surface area contributed by atoms with E-state index in [4.69, 9.17) is 5.11 Å². The lowest BCUT2D eigenvalue weighted by Gasteiger charge is -1.99. The van der Waals surface area contributed by atoms with Crippen molar-refractivity contribution < 1.29 is 9.90 Å². The average molecular weight is 233 g/mol. The minimum absolute atomic E-state index is 0.294. The van der Waals surface area contributed by atoms with Crippen molar-refractivity contribution in [2.45, 2.75) is 4.90 Å². The molecular weight excluding hydrogens is 226 g/mol. The molecule has 13 heavy (non-hydrogen) atoms. The summed E-state index contributed by atoms with van der Waals surface area (Å²) in [6, 6.07) is 6.61. The Balaban J connectivity index is 2.64. The minimum atomic E-state index is -0.909. The molecule has 0 amide bonds. The fourth-order valence-corrected chi connectivity index (χ4v) is 1.87. The van der Waals surface area contributed by atoms with E-state index in [9.17, 15) is 4.79 Å². The first kappa shape index (κ1) is 10.8. The second-order valence-corrected chi connectivity index (χ2v) is 4.18. The summed E-state index contributed by atoms with van der Waals surface area (Å²) in [5.74, 6) is -0.909. The molecule has 0 heterocycles. The summed E-state index contributed by atoms with van der Waals surface area (Å²) in [7, 11) is 1.20. The van der Waals surface area contributed by atoms with Gasteiger partial charge in [-0.1, -0.05) is 11.7 Å². The molecule has 2 N–H and O–H groups in total. The van der Waals surface area contributed by atoms with Crippen molar-refractivity contribution in [2.75, 3.05) is 0 Å². The number of carboxylic acid groups (broad SMARTS) is 1. The third-order valence-electron chi connectivity index (χ3n) is 1.30. The summed E-state index contributed by atoms with van der Waals surface area (Å²) in [5.41, 5.74) is 0.294. The molecule has 0 aliphatic carbocycles. The smallest absolute Gasteiger partial charge is 0.335 e. The SMILES string of the molecule is O=C(O)c1ccc(SNSS)cc1. The van der Waals surface area contributed by atoms with E-state index in [2.05, 4.69) is 15.8 Å². The number of hydrogen-bond acceptors (Lipinski definition) is 5. The summed E-state index contributed by atoms with van der Waals surface area (Å²) in [4.78, 5) is 11.4. The van der Waals surface area contributed by atoms with Gasteiger partial charge in [0.15, 0.2) is 0 Å². The monoisotopic (exact) mass is 233 g/mol. The van der Waals surface area contributed by atoms with Gasteiger partial charge in [0.2, 0.25) is 0 Å². The van der Waals surface area contributed by atoms with Crippen molar-refractivity contribution in [3.8, 4) is 0 Å². The molecule has 1 aromatic rings. The molecule has 0 radical (unpaired) electrons. The molecule has 0 aliphatic rings. The molecular formula is C7H7NO2S3. The second kappa shape index (κ2) is 5.43. The van der Waals surface area contributed by atoms with E-state index in [0.29, 0.717) is 5.56 Å². The summed E-state index contributed by atoms with van der Waals surface area (Å²) in [5, 5.41) is 8.61. The number of benzene rings is 1. The quantitative estimate of drug-likeness (QED) is 0.424.